The van der Waals surface area contributed by atoms with Crippen LogP contribution in [-0.2, 0) is 10.0 Å². The Morgan fingerprint density at radius 3 is 2.87 bits per heavy atom. The molecule has 1 saturated heterocycles. The number of hydrogen-bond acceptors (Lipinski definition) is 4. The molecule has 3 N–H and O–H groups in total. The fraction of sp³-hybridized carbons (Fsp3) is 0.875. The van der Waals surface area contributed by atoms with Crippen LogP contribution in [0.3, 0.4) is 0 Å². The molecule has 1 aliphatic rings. The zero-order chi connectivity index (χ0) is 11.5. The maximum atomic E-state index is 11.5. The Morgan fingerprint density at radius 1 is 1.67 bits per heavy atom. The molecule has 0 aromatic carbocycles. The number of thiocarbonyl (C=S) groups is 1. The number of hydrogen-bond donors (Lipinski definition) is 2. The molecule has 1 unspecified atom stereocenters. The van der Waals surface area contributed by atoms with Crippen molar-refractivity contribution in [2.45, 2.75) is 18.9 Å². The van der Waals surface area contributed by atoms with E-state index in [9.17, 15) is 8.42 Å². The molecule has 1 aliphatic heterocycles. The van der Waals surface area contributed by atoms with Crippen molar-refractivity contribution >= 4 is 27.2 Å². The summed E-state index contributed by atoms with van der Waals surface area (Å²) >= 11 is 4.58. The molecule has 0 radical (unpaired) electrons. The smallest absolute Gasteiger partial charge is 0.218 e. The highest BCUT2D eigenvalue weighted by Crippen LogP contribution is 2.08. The zero-order valence-electron chi connectivity index (χ0n) is 8.77. The SMILES string of the molecule is CN1CCCC(NS(=O)(=O)CC(N)=S)C1. The summed E-state index contributed by atoms with van der Waals surface area (Å²) in [6, 6.07) is -0.0110. The van der Waals surface area contributed by atoms with Crippen LogP contribution < -0.4 is 10.5 Å². The van der Waals surface area contributed by atoms with Gasteiger partial charge in [0.25, 0.3) is 0 Å². The van der Waals surface area contributed by atoms with Gasteiger partial charge >= 0.3 is 0 Å². The van der Waals surface area contributed by atoms with Crippen LogP contribution in [0.5, 0.6) is 0 Å². The van der Waals surface area contributed by atoms with E-state index in [1.807, 2.05) is 7.05 Å². The average Bonchev–Trinajstić information content (AvgIpc) is 1.99. The zero-order valence-corrected chi connectivity index (χ0v) is 10.4. The summed E-state index contributed by atoms with van der Waals surface area (Å²) in [4.78, 5) is 2.11. The maximum Gasteiger partial charge on any atom is 0.218 e. The van der Waals surface area contributed by atoms with Gasteiger partial charge in [-0.1, -0.05) is 12.2 Å². The number of rotatable bonds is 4. The average molecular weight is 251 g/mol. The van der Waals surface area contributed by atoms with Gasteiger partial charge in [0.05, 0.1) is 4.99 Å². The molecule has 5 nitrogen and oxygen atoms in total. The monoisotopic (exact) mass is 251 g/mol. The molecule has 0 spiro atoms. The summed E-state index contributed by atoms with van der Waals surface area (Å²) in [5, 5.41) is 0. The minimum absolute atomic E-state index is 0.00617. The van der Waals surface area contributed by atoms with E-state index in [-0.39, 0.29) is 16.8 Å². The van der Waals surface area contributed by atoms with Gasteiger partial charge in [-0.25, -0.2) is 13.1 Å². The molecule has 88 valence electrons. The lowest BCUT2D eigenvalue weighted by Crippen LogP contribution is -2.47. The van der Waals surface area contributed by atoms with Crippen molar-refractivity contribution in [1.82, 2.24) is 9.62 Å². The molecule has 0 amide bonds. The van der Waals surface area contributed by atoms with E-state index < -0.39 is 10.0 Å². The van der Waals surface area contributed by atoms with Crippen molar-refractivity contribution in [3.8, 4) is 0 Å². The lowest BCUT2D eigenvalue weighted by molar-refractivity contribution is 0.242. The second-order valence-corrected chi connectivity index (χ2v) is 6.22. The minimum Gasteiger partial charge on any atom is -0.392 e. The first-order valence-corrected chi connectivity index (χ1v) is 6.92. The highest BCUT2D eigenvalue weighted by atomic mass is 32.2. The number of nitrogens with one attached hydrogen (secondary N) is 1. The van der Waals surface area contributed by atoms with Crippen molar-refractivity contribution in [3.63, 3.8) is 0 Å². The van der Waals surface area contributed by atoms with Crippen molar-refractivity contribution in [1.29, 1.82) is 0 Å². The molecule has 0 aromatic heterocycles. The number of sulfonamides is 1. The molecule has 0 saturated carbocycles. The van der Waals surface area contributed by atoms with E-state index in [2.05, 4.69) is 21.8 Å². The highest BCUT2D eigenvalue weighted by Gasteiger charge is 2.22. The van der Waals surface area contributed by atoms with Gasteiger partial charge in [0.15, 0.2) is 0 Å². The number of likely N-dealkylation sites (tertiary alicyclic amines) is 1. The van der Waals surface area contributed by atoms with Crippen LogP contribution in [0.1, 0.15) is 12.8 Å². The second kappa shape index (κ2) is 5.20. The maximum absolute atomic E-state index is 11.5. The third-order valence-corrected chi connectivity index (χ3v) is 4.01. The normalized spacial score (nSPS) is 23.9. The molecule has 1 rings (SSSR count). The Labute approximate surface area is 96.1 Å². The lowest BCUT2D eigenvalue weighted by Gasteiger charge is -2.29. The number of likely N-dealkylation sites (N-methyl/N-ethyl adjacent to an activating group) is 1. The summed E-state index contributed by atoms with van der Waals surface area (Å²) in [6.45, 7) is 1.77. The molecular formula is C8H17N3O2S2. The largest absolute Gasteiger partial charge is 0.392 e. The van der Waals surface area contributed by atoms with Gasteiger partial charge in [-0.05, 0) is 26.4 Å². The molecule has 15 heavy (non-hydrogen) atoms. The number of nitrogens with zero attached hydrogens (tertiary/aromatic N) is 1. The van der Waals surface area contributed by atoms with Crippen LogP contribution in [0.2, 0.25) is 0 Å². The van der Waals surface area contributed by atoms with Gasteiger partial charge in [0, 0.05) is 12.6 Å². The fourth-order valence-electron chi connectivity index (χ4n) is 1.75. The van der Waals surface area contributed by atoms with Crippen LogP contribution >= 0.6 is 12.2 Å². The third kappa shape index (κ3) is 4.87. The van der Waals surface area contributed by atoms with Gasteiger partial charge in [-0.3, -0.25) is 0 Å². The van der Waals surface area contributed by atoms with Gasteiger partial charge in [-0.2, -0.15) is 0 Å². The molecule has 1 atom stereocenters. The van der Waals surface area contributed by atoms with Gasteiger partial charge in [-0.15, -0.1) is 0 Å². The quantitative estimate of drug-likeness (QED) is 0.645. The van der Waals surface area contributed by atoms with Crippen molar-refractivity contribution in [2.24, 2.45) is 5.73 Å². The van der Waals surface area contributed by atoms with Crippen molar-refractivity contribution in [2.75, 3.05) is 25.9 Å². The Hall–Kier alpha value is -0.240. The van der Waals surface area contributed by atoms with Crippen LogP contribution in [0.4, 0.5) is 0 Å². The molecule has 0 aliphatic carbocycles. The Kier molecular flexibility index (Phi) is 4.45. The molecule has 7 heteroatoms. The summed E-state index contributed by atoms with van der Waals surface area (Å²) in [7, 11) is -1.37. The van der Waals surface area contributed by atoms with E-state index in [1.165, 1.54) is 0 Å². The van der Waals surface area contributed by atoms with Crippen LogP contribution in [0.25, 0.3) is 0 Å². The van der Waals surface area contributed by atoms with E-state index in [0.717, 1.165) is 25.9 Å². The first-order valence-electron chi connectivity index (χ1n) is 4.86. The summed E-state index contributed by atoms with van der Waals surface area (Å²) < 4.78 is 25.7. The molecule has 1 heterocycles. The van der Waals surface area contributed by atoms with Crippen LogP contribution in [0.15, 0.2) is 0 Å². The minimum atomic E-state index is -3.35. The standard InChI is InChI=1S/C8H17N3O2S2/c1-11-4-2-3-7(5-11)10-15(12,13)6-8(9)14/h7,10H,2-6H2,1H3,(H2,9,14). The summed E-state index contributed by atoms with van der Waals surface area (Å²) in [5.74, 6) is -0.261. The van der Waals surface area contributed by atoms with Gasteiger partial charge in [0.2, 0.25) is 10.0 Å². The molecule has 0 bridgehead atoms. The highest BCUT2D eigenvalue weighted by molar-refractivity contribution is 7.92. The van der Waals surface area contributed by atoms with E-state index in [4.69, 9.17) is 5.73 Å². The first-order chi connectivity index (χ1) is 6.89. The lowest BCUT2D eigenvalue weighted by atomic mass is 10.1. The predicted octanol–water partition coefficient (Wildman–Crippen LogP) is -0.714. The summed E-state index contributed by atoms with van der Waals surface area (Å²) in [6.07, 6.45) is 1.89. The fourth-order valence-corrected chi connectivity index (χ4v) is 3.37. The first kappa shape index (κ1) is 12.8. The number of piperidine rings is 1. The third-order valence-electron chi connectivity index (χ3n) is 2.30. The topological polar surface area (TPSA) is 75.4 Å². The van der Waals surface area contributed by atoms with Crippen LogP contribution in [0, 0.1) is 0 Å². The van der Waals surface area contributed by atoms with E-state index >= 15 is 0 Å². The van der Waals surface area contributed by atoms with E-state index in [1.54, 1.807) is 0 Å². The van der Waals surface area contributed by atoms with Crippen molar-refractivity contribution in [3.05, 3.63) is 0 Å². The van der Waals surface area contributed by atoms with E-state index in [0.29, 0.717) is 0 Å². The van der Waals surface area contributed by atoms with Crippen molar-refractivity contribution < 1.29 is 8.42 Å². The molecule has 1 fully saturated rings. The Bertz CT molecular complexity index is 329. The Morgan fingerprint density at radius 2 is 2.33 bits per heavy atom. The second-order valence-electron chi connectivity index (χ2n) is 3.94. The Balaban J connectivity index is 2.49. The molecular weight excluding hydrogens is 234 g/mol. The number of nitrogens with two attached hydrogens (primary N) is 1. The van der Waals surface area contributed by atoms with Gasteiger partial charge < -0.3 is 10.6 Å². The molecule has 0 aromatic rings. The van der Waals surface area contributed by atoms with Gasteiger partial charge in [0.1, 0.15) is 5.75 Å². The summed E-state index contributed by atoms with van der Waals surface area (Å²) in [5.41, 5.74) is 5.21. The van der Waals surface area contributed by atoms with Crippen LogP contribution in [-0.4, -0.2) is 50.2 Å². The predicted molar refractivity (Wildman–Crippen MR) is 64.2 cm³/mol.